The molecule has 0 saturated carbocycles. The first-order chi connectivity index (χ1) is 9.77. The summed E-state index contributed by atoms with van der Waals surface area (Å²) in [6, 6.07) is 1.39. The van der Waals surface area contributed by atoms with Crippen molar-refractivity contribution in [2.24, 2.45) is 7.05 Å². The van der Waals surface area contributed by atoms with E-state index in [9.17, 15) is 13.2 Å². The van der Waals surface area contributed by atoms with Crippen molar-refractivity contribution >= 4 is 15.9 Å². The number of carbonyl (C=O) groups excluding carboxylic acids is 1. The summed E-state index contributed by atoms with van der Waals surface area (Å²) in [6.45, 7) is 3.49. The largest absolute Gasteiger partial charge is 0.354 e. The highest BCUT2D eigenvalue weighted by atomic mass is 32.2. The Morgan fingerprint density at radius 3 is 2.57 bits per heavy atom. The number of rotatable bonds is 4. The van der Waals surface area contributed by atoms with Gasteiger partial charge < -0.3 is 15.2 Å². The van der Waals surface area contributed by atoms with Gasteiger partial charge in [-0.3, -0.25) is 4.79 Å². The molecule has 3 N–H and O–H groups in total. The zero-order chi connectivity index (χ0) is 15.7. The van der Waals surface area contributed by atoms with Crippen LogP contribution in [0.3, 0.4) is 0 Å². The third-order valence-electron chi connectivity index (χ3n) is 3.84. The highest BCUT2D eigenvalue weighted by molar-refractivity contribution is 7.89. The predicted octanol–water partition coefficient (Wildman–Crippen LogP) is -0.195. The van der Waals surface area contributed by atoms with Gasteiger partial charge in [-0.25, -0.2) is 13.1 Å². The van der Waals surface area contributed by atoms with Gasteiger partial charge in [0.25, 0.3) is 5.91 Å². The number of amides is 1. The lowest BCUT2D eigenvalue weighted by Gasteiger charge is -2.34. The molecule has 1 amide bonds. The third-order valence-corrected chi connectivity index (χ3v) is 5.44. The lowest BCUT2D eigenvalue weighted by molar-refractivity contribution is 0.0955. The van der Waals surface area contributed by atoms with Gasteiger partial charge in [-0.1, -0.05) is 0 Å². The van der Waals surface area contributed by atoms with Crippen LogP contribution in [-0.4, -0.2) is 44.6 Å². The Hall–Kier alpha value is -1.38. The van der Waals surface area contributed by atoms with Gasteiger partial charge >= 0.3 is 0 Å². The van der Waals surface area contributed by atoms with Crippen LogP contribution < -0.4 is 15.4 Å². The Kier molecular flexibility index (Phi) is 4.40. The number of piperidine rings is 1. The fraction of sp³-hybridized carbons (Fsp3) is 0.615. The molecule has 2 rings (SSSR count). The number of aryl methyl sites for hydroxylation is 1. The Morgan fingerprint density at radius 1 is 1.38 bits per heavy atom. The first-order valence-corrected chi connectivity index (χ1v) is 8.39. The van der Waals surface area contributed by atoms with Crippen LogP contribution in [0.5, 0.6) is 0 Å². The van der Waals surface area contributed by atoms with Crippen LogP contribution in [0.4, 0.5) is 0 Å². The van der Waals surface area contributed by atoms with Gasteiger partial charge in [0.05, 0.1) is 0 Å². The quantitative estimate of drug-likeness (QED) is 0.718. The molecule has 0 unspecified atom stereocenters. The average molecular weight is 314 g/mol. The summed E-state index contributed by atoms with van der Waals surface area (Å²) in [6.07, 6.45) is 2.93. The van der Waals surface area contributed by atoms with Gasteiger partial charge in [-0.2, -0.15) is 0 Å². The summed E-state index contributed by atoms with van der Waals surface area (Å²) < 4.78 is 29.3. The molecule has 1 aromatic rings. The Bertz CT molecular complexity index is 630. The maximum absolute atomic E-state index is 12.5. The van der Waals surface area contributed by atoms with E-state index >= 15 is 0 Å². The number of sulfonamides is 1. The number of hydrogen-bond acceptors (Lipinski definition) is 4. The SMILES string of the molecule is CNC(=O)c1cc(S(=O)(=O)NC2(C)CCNCC2)cn1C. The van der Waals surface area contributed by atoms with E-state index < -0.39 is 15.6 Å². The first-order valence-electron chi connectivity index (χ1n) is 6.90. The zero-order valence-electron chi connectivity index (χ0n) is 12.6. The minimum absolute atomic E-state index is 0.114. The fourth-order valence-corrected chi connectivity index (χ4v) is 4.03. The monoisotopic (exact) mass is 314 g/mol. The van der Waals surface area contributed by atoms with E-state index in [1.807, 2.05) is 6.92 Å². The van der Waals surface area contributed by atoms with Crippen molar-refractivity contribution in [3.05, 3.63) is 18.0 Å². The van der Waals surface area contributed by atoms with E-state index in [2.05, 4.69) is 15.4 Å². The summed E-state index contributed by atoms with van der Waals surface area (Å²) in [5.41, 5.74) is -0.138. The Labute approximate surface area is 125 Å². The molecule has 21 heavy (non-hydrogen) atoms. The van der Waals surface area contributed by atoms with Gasteiger partial charge in [0.1, 0.15) is 10.6 Å². The van der Waals surface area contributed by atoms with Crippen molar-refractivity contribution in [2.75, 3.05) is 20.1 Å². The van der Waals surface area contributed by atoms with Crippen LogP contribution in [0.25, 0.3) is 0 Å². The summed E-state index contributed by atoms with van der Waals surface area (Å²) >= 11 is 0. The van der Waals surface area contributed by atoms with Crippen molar-refractivity contribution in [1.29, 1.82) is 0 Å². The number of nitrogens with one attached hydrogen (secondary N) is 3. The molecule has 0 radical (unpaired) electrons. The summed E-state index contributed by atoms with van der Waals surface area (Å²) in [5, 5.41) is 5.70. The second-order valence-corrected chi connectivity index (χ2v) is 7.35. The van der Waals surface area contributed by atoms with E-state index in [-0.39, 0.29) is 10.8 Å². The minimum atomic E-state index is -3.64. The van der Waals surface area contributed by atoms with Crippen molar-refractivity contribution < 1.29 is 13.2 Å². The van der Waals surface area contributed by atoms with Crippen molar-refractivity contribution in [2.45, 2.75) is 30.2 Å². The fourth-order valence-electron chi connectivity index (χ4n) is 2.50. The van der Waals surface area contributed by atoms with Crippen LogP contribution in [0.15, 0.2) is 17.2 Å². The Balaban J connectivity index is 2.25. The molecule has 0 aromatic carbocycles. The minimum Gasteiger partial charge on any atom is -0.354 e. The van der Waals surface area contributed by atoms with Gasteiger partial charge in [0, 0.05) is 25.8 Å². The van der Waals surface area contributed by atoms with E-state index in [1.165, 1.54) is 23.9 Å². The average Bonchev–Trinajstić information content (AvgIpc) is 2.80. The van der Waals surface area contributed by atoms with Gasteiger partial charge in [-0.05, 0) is 38.9 Å². The molecular weight excluding hydrogens is 292 g/mol. The molecule has 0 bridgehead atoms. The van der Waals surface area contributed by atoms with Crippen LogP contribution in [0.1, 0.15) is 30.3 Å². The molecule has 8 heteroatoms. The molecule has 118 valence electrons. The van der Waals surface area contributed by atoms with Crippen LogP contribution >= 0.6 is 0 Å². The molecule has 1 aromatic heterocycles. The maximum Gasteiger partial charge on any atom is 0.267 e. The lowest BCUT2D eigenvalue weighted by Crippen LogP contribution is -2.52. The highest BCUT2D eigenvalue weighted by Crippen LogP contribution is 2.22. The van der Waals surface area contributed by atoms with Crippen molar-refractivity contribution in [1.82, 2.24) is 19.9 Å². The molecular formula is C13H22N4O3S. The molecule has 1 saturated heterocycles. The standard InChI is InChI=1S/C13H22N4O3S/c1-13(4-6-15-7-5-13)16-21(19,20)10-8-11(12(18)14-2)17(3)9-10/h8-9,15-16H,4-7H2,1-3H3,(H,14,18). The molecule has 2 heterocycles. The topological polar surface area (TPSA) is 92.2 Å². The van der Waals surface area contributed by atoms with E-state index in [0.29, 0.717) is 5.69 Å². The normalized spacial score (nSPS) is 18.4. The second kappa shape index (κ2) is 5.78. The number of hydrogen-bond donors (Lipinski definition) is 3. The lowest BCUT2D eigenvalue weighted by atomic mass is 9.92. The van der Waals surface area contributed by atoms with Gasteiger partial charge in [0.2, 0.25) is 10.0 Å². The molecule has 0 spiro atoms. The van der Waals surface area contributed by atoms with E-state index in [1.54, 1.807) is 7.05 Å². The Morgan fingerprint density at radius 2 is 2.00 bits per heavy atom. The van der Waals surface area contributed by atoms with Gasteiger partial charge in [-0.15, -0.1) is 0 Å². The number of aromatic nitrogens is 1. The number of carbonyl (C=O) groups is 1. The van der Waals surface area contributed by atoms with Crippen LogP contribution in [-0.2, 0) is 17.1 Å². The van der Waals surface area contributed by atoms with E-state index in [4.69, 9.17) is 0 Å². The molecule has 1 aliphatic rings. The van der Waals surface area contributed by atoms with Gasteiger partial charge in [0.15, 0.2) is 0 Å². The maximum atomic E-state index is 12.5. The molecule has 7 nitrogen and oxygen atoms in total. The molecule has 0 aliphatic carbocycles. The first kappa shape index (κ1) is 16.0. The second-order valence-electron chi connectivity index (χ2n) is 5.67. The summed E-state index contributed by atoms with van der Waals surface area (Å²) in [5.74, 6) is -0.313. The molecule has 0 atom stereocenters. The van der Waals surface area contributed by atoms with Crippen LogP contribution in [0.2, 0.25) is 0 Å². The van der Waals surface area contributed by atoms with Crippen molar-refractivity contribution in [3.8, 4) is 0 Å². The molecule has 1 aliphatic heterocycles. The highest BCUT2D eigenvalue weighted by Gasteiger charge is 2.32. The smallest absolute Gasteiger partial charge is 0.267 e. The third kappa shape index (κ3) is 3.45. The van der Waals surface area contributed by atoms with Crippen molar-refractivity contribution in [3.63, 3.8) is 0 Å². The summed E-state index contributed by atoms with van der Waals surface area (Å²) in [7, 11) is -0.480. The number of nitrogens with zero attached hydrogens (tertiary/aromatic N) is 1. The summed E-state index contributed by atoms with van der Waals surface area (Å²) in [4.78, 5) is 11.8. The van der Waals surface area contributed by atoms with E-state index in [0.717, 1.165) is 25.9 Å². The predicted molar refractivity (Wildman–Crippen MR) is 79.6 cm³/mol. The zero-order valence-corrected chi connectivity index (χ0v) is 13.4. The molecule has 1 fully saturated rings. The van der Waals surface area contributed by atoms with Crippen LogP contribution in [0, 0.1) is 0 Å².